The molecule has 1 aliphatic heterocycles. The van der Waals surface area contributed by atoms with Gasteiger partial charge in [0.05, 0.1) is 16.1 Å². The summed E-state index contributed by atoms with van der Waals surface area (Å²) in [4.78, 5) is 0. The largest absolute Gasteiger partial charge is 0.377 e. The second kappa shape index (κ2) is 5.33. The van der Waals surface area contributed by atoms with E-state index in [1.54, 1.807) is 0 Å². The Kier molecular flexibility index (Phi) is 3.43. The Morgan fingerprint density at radius 3 is 2.68 bits per heavy atom. The number of nitrogens with one attached hydrogen (secondary N) is 1. The number of fused-ring (bicyclic) bond motifs is 3. The van der Waals surface area contributed by atoms with Crippen LogP contribution in [0.5, 0.6) is 0 Å². The molecule has 1 heterocycles. The molecule has 0 saturated carbocycles. The van der Waals surface area contributed by atoms with Crippen LogP contribution in [0.3, 0.4) is 0 Å². The SMILES string of the molecule is Cc1cccc2c1N[C@H](c1cccc(Cl)c1Cl)[C@@H]1CC=C[C@H]21. The number of benzene rings is 2. The van der Waals surface area contributed by atoms with Crippen molar-refractivity contribution in [3.8, 4) is 0 Å². The van der Waals surface area contributed by atoms with Crippen LogP contribution in [0.1, 0.15) is 35.1 Å². The molecule has 3 atom stereocenters. The zero-order chi connectivity index (χ0) is 15.3. The summed E-state index contributed by atoms with van der Waals surface area (Å²) in [5.41, 5.74) is 5.02. The van der Waals surface area contributed by atoms with Crippen molar-refractivity contribution in [3.63, 3.8) is 0 Å². The molecule has 2 aromatic rings. The zero-order valence-corrected chi connectivity index (χ0v) is 13.8. The van der Waals surface area contributed by atoms with Gasteiger partial charge in [0.15, 0.2) is 0 Å². The summed E-state index contributed by atoms with van der Waals surface area (Å²) in [5.74, 6) is 0.946. The lowest BCUT2D eigenvalue weighted by Crippen LogP contribution is -2.29. The average molecular weight is 330 g/mol. The highest BCUT2D eigenvalue weighted by atomic mass is 35.5. The summed E-state index contributed by atoms with van der Waals surface area (Å²) >= 11 is 12.7. The molecule has 3 heteroatoms. The van der Waals surface area contributed by atoms with Crippen LogP contribution in [-0.2, 0) is 0 Å². The molecule has 0 bridgehead atoms. The molecule has 1 nitrogen and oxygen atoms in total. The Balaban J connectivity index is 1.86. The van der Waals surface area contributed by atoms with Gasteiger partial charge in [-0.3, -0.25) is 0 Å². The van der Waals surface area contributed by atoms with Gasteiger partial charge in [-0.1, -0.05) is 65.7 Å². The molecule has 2 aromatic carbocycles. The number of allylic oxidation sites excluding steroid dienone is 2. The minimum atomic E-state index is 0.194. The number of aryl methyl sites for hydroxylation is 1. The summed E-state index contributed by atoms with van der Waals surface area (Å²) in [5, 5.41) is 5.03. The van der Waals surface area contributed by atoms with Crippen molar-refractivity contribution >= 4 is 28.9 Å². The topological polar surface area (TPSA) is 12.0 Å². The quantitative estimate of drug-likeness (QED) is 0.620. The summed E-state index contributed by atoms with van der Waals surface area (Å²) in [6.07, 6.45) is 5.70. The fraction of sp³-hybridized carbons (Fsp3) is 0.263. The summed E-state index contributed by atoms with van der Waals surface area (Å²) in [7, 11) is 0. The maximum Gasteiger partial charge on any atom is 0.0645 e. The number of hydrogen-bond acceptors (Lipinski definition) is 1. The third-order valence-electron chi connectivity index (χ3n) is 4.92. The van der Waals surface area contributed by atoms with Gasteiger partial charge in [0.25, 0.3) is 0 Å². The fourth-order valence-corrected chi connectivity index (χ4v) is 4.27. The first kappa shape index (κ1) is 14.2. The van der Waals surface area contributed by atoms with Crippen molar-refractivity contribution < 1.29 is 0 Å². The molecule has 0 aromatic heterocycles. The fourth-order valence-electron chi connectivity index (χ4n) is 3.85. The maximum absolute atomic E-state index is 6.49. The minimum absolute atomic E-state index is 0.194. The second-order valence-electron chi connectivity index (χ2n) is 6.16. The zero-order valence-electron chi connectivity index (χ0n) is 12.3. The van der Waals surface area contributed by atoms with Gasteiger partial charge in [-0.2, -0.15) is 0 Å². The van der Waals surface area contributed by atoms with Crippen LogP contribution in [0.25, 0.3) is 0 Å². The van der Waals surface area contributed by atoms with Crippen LogP contribution in [0.4, 0.5) is 5.69 Å². The third-order valence-corrected chi connectivity index (χ3v) is 5.76. The summed E-state index contributed by atoms with van der Waals surface area (Å²) in [6, 6.07) is 12.6. The maximum atomic E-state index is 6.49. The standard InChI is InChI=1S/C19H17Cl2N/c1-11-5-2-7-13-12-6-3-8-14(12)19(22-18(11)13)15-9-4-10-16(20)17(15)21/h2-7,9-10,12,14,19,22H,8H2,1H3/t12-,14-,19+/m1/s1. The van der Waals surface area contributed by atoms with Crippen LogP contribution in [0.15, 0.2) is 48.6 Å². The summed E-state index contributed by atoms with van der Waals surface area (Å²) < 4.78 is 0. The van der Waals surface area contributed by atoms with Crippen LogP contribution in [-0.4, -0.2) is 0 Å². The van der Waals surface area contributed by atoms with Gasteiger partial charge in [-0.05, 0) is 42.0 Å². The monoisotopic (exact) mass is 329 g/mol. The average Bonchev–Trinajstić information content (AvgIpc) is 3.00. The highest BCUT2D eigenvalue weighted by molar-refractivity contribution is 6.42. The first-order valence-corrected chi connectivity index (χ1v) is 8.39. The smallest absolute Gasteiger partial charge is 0.0645 e. The lowest BCUT2D eigenvalue weighted by Gasteiger charge is -2.38. The van der Waals surface area contributed by atoms with Gasteiger partial charge in [-0.15, -0.1) is 0 Å². The van der Waals surface area contributed by atoms with Gasteiger partial charge < -0.3 is 5.32 Å². The third kappa shape index (κ3) is 2.07. The van der Waals surface area contributed by atoms with Crippen molar-refractivity contribution in [1.29, 1.82) is 0 Å². The molecule has 1 N–H and O–H groups in total. The van der Waals surface area contributed by atoms with Crippen molar-refractivity contribution in [2.75, 3.05) is 5.32 Å². The van der Waals surface area contributed by atoms with E-state index in [9.17, 15) is 0 Å². The van der Waals surface area contributed by atoms with E-state index < -0.39 is 0 Å². The van der Waals surface area contributed by atoms with E-state index in [0.717, 1.165) is 12.0 Å². The molecule has 0 amide bonds. The minimum Gasteiger partial charge on any atom is -0.377 e. The number of halogens is 2. The molecule has 112 valence electrons. The molecule has 22 heavy (non-hydrogen) atoms. The summed E-state index contributed by atoms with van der Waals surface area (Å²) in [6.45, 7) is 2.15. The molecule has 0 unspecified atom stereocenters. The predicted octanol–water partition coefficient (Wildman–Crippen LogP) is 6.13. The molecule has 2 aliphatic rings. The second-order valence-corrected chi connectivity index (χ2v) is 6.94. The lowest BCUT2D eigenvalue weighted by molar-refractivity contribution is 0.425. The number of rotatable bonds is 1. The Hall–Kier alpha value is -1.44. The van der Waals surface area contributed by atoms with E-state index in [2.05, 4.69) is 48.7 Å². The molecular weight excluding hydrogens is 313 g/mol. The first-order chi connectivity index (χ1) is 10.7. The lowest BCUT2D eigenvalue weighted by atomic mass is 9.76. The van der Waals surface area contributed by atoms with Gasteiger partial charge in [0, 0.05) is 11.6 Å². The van der Waals surface area contributed by atoms with Crippen molar-refractivity contribution in [2.45, 2.75) is 25.3 Å². The Bertz CT molecular complexity index is 766. The Morgan fingerprint density at radius 1 is 1.05 bits per heavy atom. The molecule has 0 saturated heterocycles. The van der Waals surface area contributed by atoms with Crippen LogP contribution in [0.2, 0.25) is 10.0 Å². The molecular formula is C19H17Cl2N. The van der Waals surface area contributed by atoms with E-state index in [0.29, 0.717) is 21.9 Å². The highest BCUT2D eigenvalue weighted by Gasteiger charge is 2.39. The number of hydrogen-bond donors (Lipinski definition) is 1. The van der Waals surface area contributed by atoms with Crippen molar-refractivity contribution in [1.82, 2.24) is 0 Å². The molecule has 4 rings (SSSR count). The van der Waals surface area contributed by atoms with Crippen molar-refractivity contribution in [2.24, 2.45) is 5.92 Å². The molecule has 0 radical (unpaired) electrons. The number of para-hydroxylation sites is 1. The highest BCUT2D eigenvalue weighted by Crippen LogP contribution is 2.51. The van der Waals surface area contributed by atoms with Crippen molar-refractivity contribution in [3.05, 3.63) is 75.3 Å². The van der Waals surface area contributed by atoms with E-state index >= 15 is 0 Å². The predicted molar refractivity (Wildman–Crippen MR) is 94.0 cm³/mol. The Morgan fingerprint density at radius 2 is 1.82 bits per heavy atom. The van der Waals surface area contributed by atoms with Gasteiger partial charge >= 0.3 is 0 Å². The molecule has 1 aliphatic carbocycles. The first-order valence-electron chi connectivity index (χ1n) is 7.63. The van der Waals surface area contributed by atoms with Gasteiger partial charge in [0.2, 0.25) is 0 Å². The normalized spacial score (nSPS) is 25.5. The van der Waals surface area contributed by atoms with E-state index in [4.69, 9.17) is 23.2 Å². The van der Waals surface area contributed by atoms with Gasteiger partial charge in [0.1, 0.15) is 0 Å². The van der Waals surface area contributed by atoms with Crippen LogP contribution in [0, 0.1) is 12.8 Å². The van der Waals surface area contributed by atoms with Crippen LogP contribution >= 0.6 is 23.2 Å². The Labute approximate surface area is 140 Å². The van der Waals surface area contributed by atoms with E-state index in [-0.39, 0.29) is 6.04 Å². The molecule has 0 spiro atoms. The molecule has 0 fully saturated rings. The van der Waals surface area contributed by atoms with Crippen LogP contribution < -0.4 is 5.32 Å². The van der Waals surface area contributed by atoms with Gasteiger partial charge in [-0.25, -0.2) is 0 Å². The number of anilines is 1. The van der Waals surface area contributed by atoms with E-state index in [1.165, 1.54) is 16.8 Å². The van der Waals surface area contributed by atoms with E-state index in [1.807, 2.05) is 12.1 Å².